The predicted molar refractivity (Wildman–Crippen MR) is 70.5 cm³/mol. The molecule has 1 fully saturated rings. The van der Waals surface area contributed by atoms with Gasteiger partial charge < -0.3 is 14.6 Å². The fourth-order valence-corrected chi connectivity index (χ4v) is 2.21. The Bertz CT molecular complexity index is 408. The molecule has 0 aliphatic carbocycles. The predicted octanol–water partition coefficient (Wildman–Crippen LogP) is 1.34. The summed E-state index contributed by atoms with van der Waals surface area (Å²) < 4.78 is 5.15. The highest BCUT2D eigenvalue weighted by Gasteiger charge is 2.17. The van der Waals surface area contributed by atoms with Crippen molar-refractivity contribution in [1.29, 1.82) is 0 Å². The van der Waals surface area contributed by atoms with Crippen molar-refractivity contribution in [2.45, 2.75) is 32.1 Å². The number of carbonyl (C=O) groups excluding carboxylic acids is 2. The minimum atomic E-state index is -0.0365. The molecular formula is C14H20N2O3. The largest absolute Gasteiger partial charge is 0.469 e. The Morgan fingerprint density at radius 2 is 2.05 bits per heavy atom. The molecule has 19 heavy (non-hydrogen) atoms. The molecule has 2 heterocycles. The van der Waals surface area contributed by atoms with Crippen LogP contribution < -0.4 is 5.32 Å². The van der Waals surface area contributed by atoms with E-state index in [0.717, 1.165) is 31.7 Å². The van der Waals surface area contributed by atoms with E-state index in [4.69, 9.17) is 4.42 Å². The molecule has 1 N–H and O–H groups in total. The SMILES string of the molecule is O=C(CCc1ccco1)NCCC(=O)N1CCCC1. The number of nitrogens with one attached hydrogen (secondary N) is 1. The molecule has 1 aromatic rings. The van der Waals surface area contributed by atoms with Gasteiger partial charge in [-0.05, 0) is 25.0 Å². The standard InChI is InChI=1S/C14H20N2O3/c17-13(6-5-12-4-3-11-19-12)15-8-7-14(18)16-9-1-2-10-16/h3-4,11H,1-2,5-10H2,(H,15,17). The Morgan fingerprint density at radius 3 is 2.74 bits per heavy atom. The number of hydrogen-bond donors (Lipinski definition) is 1. The van der Waals surface area contributed by atoms with Crippen molar-refractivity contribution in [3.63, 3.8) is 0 Å². The highest BCUT2D eigenvalue weighted by atomic mass is 16.3. The first-order chi connectivity index (χ1) is 9.25. The number of furan rings is 1. The third kappa shape index (κ3) is 4.43. The smallest absolute Gasteiger partial charge is 0.224 e. The van der Waals surface area contributed by atoms with Crippen LogP contribution >= 0.6 is 0 Å². The maximum Gasteiger partial charge on any atom is 0.224 e. The number of nitrogens with zero attached hydrogens (tertiary/aromatic N) is 1. The van der Waals surface area contributed by atoms with Crippen molar-refractivity contribution < 1.29 is 14.0 Å². The van der Waals surface area contributed by atoms with Crippen molar-refractivity contribution in [2.75, 3.05) is 19.6 Å². The summed E-state index contributed by atoms with van der Waals surface area (Å²) in [6, 6.07) is 3.66. The molecule has 1 aliphatic heterocycles. The van der Waals surface area contributed by atoms with E-state index in [9.17, 15) is 9.59 Å². The quantitative estimate of drug-likeness (QED) is 0.843. The summed E-state index contributed by atoms with van der Waals surface area (Å²) in [6.07, 6.45) is 5.18. The lowest BCUT2D eigenvalue weighted by atomic mass is 10.2. The molecule has 0 bridgehead atoms. The van der Waals surface area contributed by atoms with Crippen molar-refractivity contribution >= 4 is 11.8 Å². The van der Waals surface area contributed by atoms with Gasteiger partial charge in [-0.25, -0.2) is 0 Å². The lowest BCUT2D eigenvalue weighted by molar-refractivity contribution is -0.130. The van der Waals surface area contributed by atoms with Gasteiger partial charge in [-0.2, -0.15) is 0 Å². The first-order valence-electron chi connectivity index (χ1n) is 6.82. The van der Waals surface area contributed by atoms with Gasteiger partial charge in [0.05, 0.1) is 6.26 Å². The van der Waals surface area contributed by atoms with Gasteiger partial charge in [-0.3, -0.25) is 9.59 Å². The van der Waals surface area contributed by atoms with Crippen LogP contribution in [0.15, 0.2) is 22.8 Å². The second kappa shape index (κ2) is 6.97. The summed E-state index contributed by atoms with van der Waals surface area (Å²) in [4.78, 5) is 25.2. The maximum atomic E-state index is 11.7. The molecule has 104 valence electrons. The Balaban J connectivity index is 1.57. The molecule has 1 aliphatic rings. The molecule has 0 spiro atoms. The van der Waals surface area contributed by atoms with Gasteiger partial charge in [-0.1, -0.05) is 0 Å². The molecule has 0 aromatic carbocycles. The number of rotatable bonds is 6. The summed E-state index contributed by atoms with van der Waals surface area (Å²) in [5, 5.41) is 2.77. The molecule has 0 radical (unpaired) electrons. The first-order valence-corrected chi connectivity index (χ1v) is 6.82. The van der Waals surface area contributed by atoms with E-state index in [1.807, 2.05) is 17.0 Å². The van der Waals surface area contributed by atoms with E-state index >= 15 is 0 Å². The fourth-order valence-electron chi connectivity index (χ4n) is 2.21. The molecular weight excluding hydrogens is 244 g/mol. The van der Waals surface area contributed by atoms with Gasteiger partial charge >= 0.3 is 0 Å². The molecule has 0 unspecified atom stereocenters. The second-order valence-electron chi connectivity index (χ2n) is 4.77. The third-order valence-electron chi connectivity index (χ3n) is 3.30. The van der Waals surface area contributed by atoms with Crippen LogP contribution in [0.3, 0.4) is 0 Å². The van der Waals surface area contributed by atoms with Crippen LogP contribution in [0.25, 0.3) is 0 Å². The lowest BCUT2D eigenvalue weighted by Gasteiger charge is -2.15. The zero-order chi connectivity index (χ0) is 13.5. The topological polar surface area (TPSA) is 62.6 Å². The Morgan fingerprint density at radius 1 is 1.26 bits per heavy atom. The van der Waals surface area contributed by atoms with Crippen LogP contribution in [0.1, 0.15) is 31.4 Å². The van der Waals surface area contributed by atoms with Crippen LogP contribution in [0.4, 0.5) is 0 Å². The maximum absolute atomic E-state index is 11.7. The summed E-state index contributed by atoms with van der Waals surface area (Å²) in [5.74, 6) is 0.915. The fraction of sp³-hybridized carbons (Fsp3) is 0.571. The number of aryl methyl sites for hydroxylation is 1. The highest BCUT2D eigenvalue weighted by Crippen LogP contribution is 2.08. The zero-order valence-electron chi connectivity index (χ0n) is 11.1. The molecule has 2 rings (SSSR count). The summed E-state index contributed by atoms with van der Waals surface area (Å²) >= 11 is 0. The van der Waals surface area contributed by atoms with Crippen LogP contribution in [-0.4, -0.2) is 36.3 Å². The normalized spacial score (nSPS) is 14.6. The summed E-state index contributed by atoms with van der Waals surface area (Å²) in [5.41, 5.74) is 0. The van der Waals surface area contributed by atoms with E-state index in [1.54, 1.807) is 6.26 Å². The Labute approximate surface area is 113 Å². The van der Waals surface area contributed by atoms with Crippen LogP contribution in [0, 0.1) is 0 Å². The monoisotopic (exact) mass is 264 g/mol. The Kier molecular flexibility index (Phi) is 5.01. The molecule has 2 amide bonds. The van der Waals surface area contributed by atoms with Crippen LogP contribution in [0.2, 0.25) is 0 Å². The number of amides is 2. The van der Waals surface area contributed by atoms with Crippen molar-refractivity contribution in [1.82, 2.24) is 10.2 Å². The van der Waals surface area contributed by atoms with Crippen LogP contribution in [-0.2, 0) is 16.0 Å². The van der Waals surface area contributed by atoms with Gasteiger partial charge in [0.2, 0.25) is 11.8 Å². The molecule has 0 atom stereocenters. The van der Waals surface area contributed by atoms with Crippen molar-refractivity contribution in [3.05, 3.63) is 24.2 Å². The minimum absolute atomic E-state index is 0.0365. The first kappa shape index (κ1) is 13.6. The van der Waals surface area contributed by atoms with Gasteiger partial charge in [0.15, 0.2) is 0 Å². The number of hydrogen-bond acceptors (Lipinski definition) is 3. The van der Waals surface area contributed by atoms with E-state index in [0.29, 0.717) is 25.8 Å². The van der Waals surface area contributed by atoms with Gasteiger partial charge in [0.1, 0.15) is 5.76 Å². The third-order valence-corrected chi connectivity index (χ3v) is 3.30. The molecule has 0 saturated carbocycles. The van der Waals surface area contributed by atoms with Crippen molar-refractivity contribution in [2.24, 2.45) is 0 Å². The molecule has 1 aromatic heterocycles. The van der Waals surface area contributed by atoms with Crippen molar-refractivity contribution in [3.8, 4) is 0 Å². The average molecular weight is 264 g/mol. The van der Waals surface area contributed by atoms with E-state index < -0.39 is 0 Å². The minimum Gasteiger partial charge on any atom is -0.469 e. The average Bonchev–Trinajstić information content (AvgIpc) is 3.09. The van der Waals surface area contributed by atoms with Crippen LogP contribution in [0.5, 0.6) is 0 Å². The molecule has 1 saturated heterocycles. The zero-order valence-corrected chi connectivity index (χ0v) is 11.1. The number of likely N-dealkylation sites (tertiary alicyclic amines) is 1. The van der Waals surface area contributed by atoms with E-state index in [1.165, 1.54) is 0 Å². The van der Waals surface area contributed by atoms with E-state index in [-0.39, 0.29) is 11.8 Å². The number of carbonyl (C=O) groups is 2. The van der Waals surface area contributed by atoms with Gasteiger partial charge in [0.25, 0.3) is 0 Å². The second-order valence-corrected chi connectivity index (χ2v) is 4.77. The lowest BCUT2D eigenvalue weighted by Crippen LogP contribution is -2.32. The summed E-state index contributed by atoms with van der Waals surface area (Å²) in [6.45, 7) is 2.16. The van der Waals surface area contributed by atoms with Gasteiger partial charge in [-0.15, -0.1) is 0 Å². The van der Waals surface area contributed by atoms with Gasteiger partial charge in [0, 0.05) is 38.9 Å². The van der Waals surface area contributed by atoms with E-state index in [2.05, 4.69) is 5.32 Å². The highest BCUT2D eigenvalue weighted by molar-refractivity contribution is 5.79. The molecule has 5 heteroatoms. The Hall–Kier alpha value is -1.78. The summed E-state index contributed by atoms with van der Waals surface area (Å²) in [7, 11) is 0. The molecule has 5 nitrogen and oxygen atoms in total.